The zero-order valence-corrected chi connectivity index (χ0v) is 22.7. The lowest BCUT2D eigenvalue weighted by molar-refractivity contribution is -0.107. The molecular weight excluding hydrogens is 438 g/mol. The molecule has 7 heteroatoms. The van der Waals surface area contributed by atoms with E-state index in [1.54, 1.807) is 0 Å². The van der Waals surface area contributed by atoms with E-state index in [2.05, 4.69) is 52.3 Å². The van der Waals surface area contributed by atoms with Crippen LogP contribution < -0.4 is 21.3 Å². The van der Waals surface area contributed by atoms with E-state index in [-0.39, 0.29) is 0 Å². The molecule has 1 fully saturated rings. The highest BCUT2D eigenvalue weighted by atomic mass is 16.3. The molecule has 1 aromatic heterocycles. The van der Waals surface area contributed by atoms with Crippen LogP contribution in [0.3, 0.4) is 0 Å². The van der Waals surface area contributed by atoms with Crippen LogP contribution in [0.4, 0.5) is 5.69 Å². The summed E-state index contributed by atoms with van der Waals surface area (Å²) in [6.07, 6.45) is 12.1. The predicted molar refractivity (Wildman–Crippen MR) is 150 cm³/mol. The van der Waals surface area contributed by atoms with Crippen LogP contribution in [-0.4, -0.2) is 51.0 Å². The highest BCUT2D eigenvalue weighted by Crippen LogP contribution is 2.28. The standard InChI is InChI=1S/C15H17N3O.C6H13NO.C5H11N.C2H6/c1-16-11-5-3-10(4-6-11)15-18-13-9-12(17-2)7-8-14(13)19-15;1-2-3-4-7-5-6-8;1-5-3-2-4-6-5;1-2/h3,5,7-9,16-17H,4,6H2,1-2H3;6-7H,2-5H2,1H3;5-6H,2-4H2,1H3;1-2H3. The summed E-state index contributed by atoms with van der Waals surface area (Å²) in [6, 6.07) is 6.74. The van der Waals surface area contributed by atoms with Crippen molar-refractivity contribution in [1.29, 1.82) is 0 Å². The summed E-state index contributed by atoms with van der Waals surface area (Å²) in [5, 5.41) is 12.6. The number of carbonyl (C=O) groups excluding carboxylic acids is 1. The molecule has 35 heavy (non-hydrogen) atoms. The number of rotatable bonds is 8. The molecule has 4 rings (SSSR count). The smallest absolute Gasteiger partial charge is 0.223 e. The maximum absolute atomic E-state index is 9.71. The molecule has 2 aromatic rings. The van der Waals surface area contributed by atoms with E-state index in [4.69, 9.17) is 4.42 Å². The number of fused-ring (bicyclic) bond motifs is 1. The van der Waals surface area contributed by atoms with Crippen molar-refractivity contribution in [2.45, 2.75) is 72.3 Å². The van der Waals surface area contributed by atoms with Gasteiger partial charge in [-0.2, -0.15) is 0 Å². The minimum Gasteiger partial charge on any atom is -0.436 e. The first-order chi connectivity index (χ1) is 17.1. The van der Waals surface area contributed by atoms with Crippen molar-refractivity contribution in [1.82, 2.24) is 20.9 Å². The summed E-state index contributed by atoms with van der Waals surface area (Å²) >= 11 is 0. The average Bonchev–Trinajstić information content (AvgIpc) is 3.57. The summed E-state index contributed by atoms with van der Waals surface area (Å²) in [4.78, 5) is 14.3. The molecule has 0 spiro atoms. The second-order valence-corrected chi connectivity index (χ2v) is 8.31. The van der Waals surface area contributed by atoms with Crippen LogP contribution in [-0.2, 0) is 4.79 Å². The third-order valence-corrected chi connectivity index (χ3v) is 5.66. The van der Waals surface area contributed by atoms with E-state index < -0.39 is 0 Å². The molecule has 2 aliphatic rings. The molecule has 0 saturated carbocycles. The Bertz CT molecular complexity index is 898. The van der Waals surface area contributed by atoms with Gasteiger partial charge in [-0.25, -0.2) is 4.98 Å². The van der Waals surface area contributed by atoms with E-state index in [9.17, 15) is 4.79 Å². The van der Waals surface area contributed by atoms with Gasteiger partial charge in [-0.05, 0) is 76.4 Å². The average molecular weight is 486 g/mol. The van der Waals surface area contributed by atoms with Gasteiger partial charge in [0, 0.05) is 37.1 Å². The number of allylic oxidation sites excluding steroid dienone is 4. The van der Waals surface area contributed by atoms with Crippen LogP contribution in [0, 0.1) is 0 Å². The van der Waals surface area contributed by atoms with Gasteiger partial charge in [0.05, 0.1) is 6.54 Å². The van der Waals surface area contributed by atoms with E-state index in [1.165, 1.54) is 31.5 Å². The predicted octanol–water partition coefficient (Wildman–Crippen LogP) is 5.51. The summed E-state index contributed by atoms with van der Waals surface area (Å²) in [5.41, 5.74) is 5.17. The van der Waals surface area contributed by atoms with Gasteiger partial charge in [-0.1, -0.05) is 33.3 Å². The Morgan fingerprint density at radius 1 is 1.17 bits per heavy atom. The Kier molecular flexibility index (Phi) is 16.2. The number of aldehydes is 1. The van der Waals surface area contributed by atoms with Gasteiger partial charge >= 0.3 is 0 Å². The normalized spacial score (nSPS) is 16.3. The number of hydrogen-bond donors (Lipinski definition) is 4. The van der Waals surface area contributed by atoms with Gasteiger partial charge in [0.25, 0.3) is 0 Å². The zero-order valence-electron chi connectivity index (χ0n) is 22.7. The summed E-state index contributed by atoms with van der Waals surface area (Å²) in [7, 11) is 3.85. The lowest BCUT2D eigenvalue weighted by Gasteiger charge is -2.11. The van der Waals surface area contributed by atoms with Crippen molar-refractivity contribution in [2.24, 2.45) is 0 Å². The number of hydrogen-bond acceptors (Lipinski definition) is 7. The molecule has 0 bridgehead atoms. The largest absolute Gasteiger partial charge is 0.436 e. The number of oxazole rings is 1. The molecule has 196 valence electrons. The van der Waals surface area contributed by atoms with E-state index in [0.29, 0.717) is 6.54 Å². The van der Waals surface area contributed by atoms with Gasteiger partial charge in [-0.15, -0.1) is 0 Å². The quantitative estimate of drug-likeness (QED) is 0.289. The fraction of sp³-hybridized carbons (Fsp3) is 0.571. The fourth-order valence-corrected chi connectivity index (χ4v) is 3.57. The van der Waals surface area contributed by atoms with Gasteiger partial charge in [0.1, 0.15) is 11.8 Å². The Labute approximate surface area is 212 Å². The Hall–Kier alpha value is -2.64. The minimum atomic E-state index is 0.500. The number of aromatic nitrogens is 1. The van der Waals surface area contributed by atoms with Crippen LogP contribution in [0.5, 0.6) is 0 Å². The summed E-state index contributed by atoms with van der Waals surface area (Å²) in [5.74, 6) is 0.731. The molecule has 1 unspecified atom stereocenters. The lowest BCUT2D eigenvalue weighted by Crippen LogP contribution is -2.16. The summed E-state index contributed by atoms with van der Waals surface area (Å²) in [6.45, 7) is 11.1. The third kappa shape index (κ3) is 11.6. The highest BCUT2D eigenvalue weighted by molar-refractivity contribution is 5.80. The zero-order chi connectivity index (χ0) is 25.9. The monoisotopic (exact) mass is 485 g/mol. The first-order valence-electron chi connectivity index (χ1n) is 13.1. The highest BCUT2D eigenvalue weighted by Gasteiger charge is 2.14. The number of benzene rings is 1. The van der Waals surface area contributed by atoms with Crippen LogP contribution in [0.1, 0.15) is 72.1 Å². The van der Waals surface area contributed by atoms with Crippen molar-refractivity contribution in [3.8, 4) is 0 Å². The molecule has 0 amide bonds. The van der Waals surface area contributed by atoms with E-state index in [0.717, 1.165) is 66.4 Å². The maximum atomic E-state index is 9.71. The number of unbranched alkanes of at least 4 members (excludes halogenated alkanes) is 1. The van der Waals surface area contributed by atoms with Crippen molar-refractivity contribution in [3.63, 3.8) is 0 Å². The first-order valence-corrected chi connectivity index (χ1v) is 13.1. The topological polar surface area (TPSA) is 91.2 Å². The molecule has 1 saturated heterocycles. The van der Waals surface area contributed by atoms with Crippen LogP contribution in [0.2, 0.25) is 0 Å². The van der Waals surface area contributed by atoms with Crippen LogP contribution >= 0.6 is 0 Å². The molecular formula is C28H47N5O2. The number of carbonyl (C=O) groups is 1. The fourth-order valence-electron chi connectivity index (χ4n) is 3.57. The molecule has 1 aliphatic carbocycles. The number of nitrogens with one attached hydrogen (secondary N) is 4. The lowest BCUT2D eigenvalue weighted by atomic mass is 10.0. The molecule has 7 nitrogen and oxygen atoms in total. The molecule has 1 aromatic carbocycles. The second-order valence-electron chi connectivity index (χ2n) is 8.31. The van der Waals surface area contributed by atoms with Gasteiger partial charge < -0.3 is 30.5 Å². The molecule has 0 radical (unpaired) electrons. The Balaban J connectivity index is 0.000000317. The van der Waals surface area contributed by atoms with Crippen molar-refractivity contribution >= 4 is 28.6 Å². The molecule has 1 atom stereocenters. The van der Waals surface area contributed by atoms with Crippen molar-refractivity contribution in [2.75, 3.05) is 39.0 Å². The van der Waals surface area contributed by atoms with E-state index in [1.807, 2.05) is 46.1 Å². The minimum absolute atomic E-state index is 0.500. The molecule has 1 aliphatic heterocycles. The van der Waals surface area contributed by atoms with Crippen molar-refractivity contribution < 1.29 is 9.21 Å². The van der Waals surface area contributed by atoms with Crippen LogP contribution in [0.15, 0.2) is 40.5 Å². The molecule has 2 heterocycles. The summed E-state index contributed by atoms with van der Waals surface area (Å²) < 4.78 is 5.82. The van der Waals surface area contributed by atoms with Gasteiger partial charge in [0.2, 0.25) is 5.89 Å². The molecule has 4 N–H and O–H groups in total. The Morgan fingerprint density at radius 2 is 1.97 bits per heavy atom. The number of nitrogens with zero attached hydrogens (tertiary/aromatic N) is 1. The first kappa shape index (κ1) is 30.4. The number of anilines is 1. The SMILES string of the molecule is CC.CC1CCCN1.CCCCNCC=O.CNC1=CC=C(c2nc3cc(NC)ccc3o2)CC1. The van der Waals surface area contributed by atoms with Crippen LogP contribution in [0.25, 0.3) is 16.7 Å². The third-order valence-electron chi connectivity index (χ3n) is 5.66. The van der Waals surface area contributed by atoms with E-state index >= 15 is 0 Å². The van der Waals surface area contributed by atoms with Crippen molar-refractivity contribution in [3.05, 3.63) is 41.9 Å². The van der Waals surface area contributed by atoms with Gasteiger partial charge in [0.15, 0.2) is 5.58 Å². The second kappa shape index (κ2) is 18.7. The van der Waals surface area contributed by atoms with Gasteiger partial charge in [-0.3, -0.25) is 0 Å². The maximum Gasteiger partial charge on any atom is 0.223 e. The Morgan fingerprint density at radius 3 is 2.49 bits per heavy atom.